The summed E-state index contributed by atoms with van der Waals surface area (Å²) in [6.07, 6.45) is 5.88. The molecule has 1 aliphatic heterocycles. The topological polar surface area (TPSA) is 0 Å². The molecule has 1 aromatic carbocycles. The third kappa shape index (κ3) is 1.41. The van der Waals surface area contributed by atoms with Crippen molar-refractivity contribution >= 4 is 12.6 Å². The van der Waals surface area contributed by atoms with Gasteiger partial charge in [0.15, 0.2) is 0 Å². The van der Waals surface area contributed by atoms with Gasteiger partial charge in [-0.1, -0.05) is 18.2 Å². The highest BCUT2D eigenvalue weighted by atomic mass is 31.2. The molecule has 0 atom stereocenters. The Hall–Kier alpha value is -0.350. The van der Waals surface area contributed by atoms with Crippen LogP contribution in [0.1, 0.15) is 12.8 Å². The Kier molecular flexibility index (Phi) is 2.19. The molecule has 1 heterocycles. The van der Waals surface area contributed by atoms with Crippen molar-refractivity contribution in [3.05, 3.63) is 30.3 Å². The van der Waals surface area contributed by atoms with Crippen LogP contribution in [-0.4, -0.2) is 19.0 Å². The fourth-order valence-corrected chi connectivity index (χ4v) is 5.55. The number of benzene rings is 1. The van der Waals surface area contributed by atoms with E-state index in [0.29, 0.717) is 0 Å². The molecular formula is C11H16P+. The fourth-order valence-electron chi connectivity index (χ4n) is 2.08. The first-order chi connectivity index (χ1) is 5.81. The largest absolute Gasteiger partial charge is 0.0936 e. The third-order valence-corrected chi connectivity index (χ3v) is 7.08. The smallest absolute Gasteiger partial charge is 0.0620 e. The van der Waals surface area contributed by atoms with Crippen LogP contribution in [0.5, 0.6) is 0 Å². The summed E-state index contributed by atoms with van der Waals surface area (Å²) in [5, 5.41) is 1.64. The van der Waals surface area contributed by atoms with Gasteiger partial charge in [-0.3, -0.25) is 0 Å². The Bertz CT molecular complexity index is 247. The lowest BCUT2D eigenvalue weighted by atomic mass is 10.4. The summed E-state index contributed by atoms with van der Waals surface area (Å²) >= 11 is 0. The van der Waals surface area contributed by atoms with Crippen LogP contribution < -0.4 is 5.30 Å². The lowest BCUT2D eigenvalue weighted by molar-refractivity contribution is 0.949. The molecule has 1 aliphatic rings. The van der Waals surface area contributed by atoms with Gasteiger partial charge in [-0.15, -0.1) is 0 Å². The Labute approximate surface area is 75.3 Å². The predicted molar refractivity (Wildman–Crippen MR) is 57.9 cm³/mol. The Balaban J connectivity index is 2.29. The standard InChI is InChI=1S/C11H16P/c1-12(9-5-6-10-12)11-7-3-2-4-8-11/h2-4,7-8H,5-6,9-10H2,1H3/q+1. The number of hydrogen-bond donors (Lipinski definition) is 0. The summed E-state index contributed by atoms with van der Waals surface area (Å²) < 4.78 is 0. The van der Waals surface area contributed by atoms with Crippen molar-refractivity contribution in [3.8, 4) is 0 Å². The van der Waals surface area contributed by atoms with Gasteiger partial charge in [0.1, 0.15) is 0 Å². The maximum absolute atomic E-state index is 2.51. The lowest BCUT2D eigenvalue weighted by Crippen LogP contribution is -2.10. The molecule has 0 N–H and O–H groups in total. The summed E-state index contributed by atoms with van der Waals surface area (Å²) in [4.78, 5) is 0. The van der Waals surface area contributed by atoms with E-state index in [1.54, 1.807) is 5.30 Å². The highest BCUT2D eigenvalue weighted by molar-refractivity contribution is 7.82. The van der Waals surface area contributed by atoms with Crippen molar-refractivity contribution in [1.29, 1.82) is 0 Å². The van der Waals surface area contributed by atoms with Crippen LogP contribution in [0.25, 0.3) is 0 Å². The molecule has 64 valence electrons. The van der Waals surface area contributed by atoms with E-state index >= 15 is 0 Å². The van der Waals surface area contributed by atoms with Crippen LogP contribution in [0.15, 0.2) is 30.3 Å². The molecule has 0 spiro atoms. The summed E-state index contributed by atoms with van der Waals surface area (Å²) in [5.41, 5.74) is 0. The second-order valence-electron chi connectivity index (χ2n) is 3.89. The van der Waals surface area contributed by atoms with Crippen LogP contribution in [0, 0.1) is 0 Å². The summed E-state index contributed by atoms with van der Waals surface area (Å²) in [6.45, 7) is 2.51. The van der Waals surface area contributed by atoms with Gasteiger partial charge < -0.3 is 0 Å². The molecule has 0 radical (unpaired) electrons. The van der Waals surface area contributed by atoms with Crippen molar-refractivity contribution in [3.63, 3.8) is 0 Å². The van der Waals surface area contributed by atoms with Gasteiger partial charge in [0.2, 0.25) is 0 Å². The fraction of sp³-hybridized carbons (Fsp3) is 0.455. The maximum atomic E-state index is 2.51. The van der Waals surface area contributed by atoms with Crippen LogP contribution in [0.2, 0.25) is 0 Å². The molecule has 1 aromatic rings. The first kappa shape index (κ1) is 8.26. The van der Waals surface area contributed by atoms with Crippen LogP contribution in [0.4, 0.5) is 0 Å². The Morgan fingerprint density at radius 1 is 1.00 bits per heavy atom. The summed E-state index contributed by atoms with van der Waals surface area (Å²) in [5.74, 6) is 0. The molecule has 0 aromatic heterocycles. The highest BCUT2D eigenvalue weighted by Gasteiger charge is 2.37. The maximum Gasteiger partial charge on any atom is 0.0936 e. The average molecular weight is 179 g/mol. The molecule has 12 heavy (non-hydrogen) atoms. The quantitative estimate of drug-likeness (QED) is 0.581. The molecule has 1 heteroatoms. The van der Waals surface area contributed by atoms with Crippen molar-refractivity contribution in [2.45, 2.75) is 12.8 Å². The molecule has 2 rings (SSSR count). The SMILES string of the molecule is C[P+]1(c2ccccc2)CCCC1. The van der Waals surface area contributed by atoms with Gasteiger partial charge in [-0.25, -0.2) is 0 Å². The van der Waals surface area contributed by atoms with Crippen LogP contribution >= 0.6 is 7.26 Å². The van der Waals surface area contributed by atoms with Gasteiger partial charge in [0.05, 0.1) is 24.3 Å². The van der Waals surface area contributed by atoms with Gasteiger partial charge >= 0.3 is 0 Å². The van der Waals surface area contributed by atoms with Crippen LogP contribution in [-0.2, 0) is 0 Å². The summed E-state index contributed by atoms with van der Waals surface area (Å²) in [6, 6.07) is 11.1. The predicted octanol–water partition coefficient (Wildman–Crippen LogP) is 2.75. The number of hydrogen-bond acceptors (Lipinski definition) is 0. The van der Waals surface area contributed by atoms with E-state index in [1.165, 1.54) is 25.2 Å². The van der Waals surface area contributed by atoms with E-state index in [2.05, 4.69) is 37.0 Å². The molecule has 0 amide bonds. The van der Waals surface area contributed by atoms with E-state index in [1.807, 2.05) is 0 Å². The molecule has 0 nitrogen and oxygen atoms in total. The van der Waals surface area contributed by atoms with E-state index in [9.17, 15) is 0 Å². The minimum absolute atomic E-state index is 0.672. The zero-order valence-electron chi connectivity index (χ0n) is 7.66. The minimum atomic E-state index is -0.672. The Morgan fingerprint density at radius 3 is 2.17 bits per heavy atom. The van der Waals surface area contributed by atoms with E-state index < -0.39 is 7.26 Å². The summed E-state index contributed by atoms with van der Waals surface area (Å²) in [7, 11) is -0.672. The third-order valence-electron chi connectivity index (χ3n) is 2.93. The first-order valence-corrected chi connectivity index (χ1v) is 7.32. The van der Waals surface area contributed by atoms with Crippen molar-refractivity contribution in [1.82, 2.24) is 0 Å². The average Bonchev–Trinajstić information content (AvgIpc) is 2.55. The highest BCUT2D eigenvalue weighted by Crippen LogP contribution is 2.59. The van der Waals surface area contributed by atoms with Gasteiger partial charge in [0.25, 0.3) is 0 Å². The monoisotopic (exact) mass is 179 g/mol. The number of rotatable bonds is 1. The minimum Gasteiger partial charge on any atom is -0.0620 e. The van der Waals surface area contributed by atoms with Gasteiger partial charge in [0, 0.05) is 7.26 Å². The van der Waals surface area contributed by atoms with Crippen LogP contribution in [0.3, 0.4) is 0 Å². The molecule has 1 fully saturated rings. The lowest BCUT2D eigenvalue weighted by Gasteiger charge is -2.15. The second kappa shape index (κ2) is 3.18. The molecule has 0 aliphatic carbocycles. The van der Waals surface area contributed by atoms with E-state index in [4.69, 9.17) is 0 Å². The Morgan fingerprint density at radius 2 is 1.58 bits per heavy atom. The van der Waals surface area contributed by atoms with Gasteiger partial charge in [-0.2, -0.15) is 0 Å². The normalized spacial score (nSPS) is 21.1. The van der Waals surface area contributed by atoms with Crippen molar-refractivity contribution in [2.75, 3.05) is 19.0 Å². The van der Waals surface area contributed by atoms with Gasteiger partial charge in [-0.05, 0) is 25.0 Å². The zero-order chi connectivity index (χ0) is 8.44. The first-order valence-electron chi connectivity index (χ1n) is 4.71. The zero-order valence-corrected chi connectivity index (χ0v) is 8.56. The molecule has 1 saturated heterocycles. The second-order valence-corrected chi connectivity index (χ2v) is 8.09. The molecule has 0 saturated carbocycles. The van der Waals surface area contributed by atoms with E-state index in [-0.39, 0.29) is 0 Å². The van der Waals surface area contributed by atoms with Crippen molar-refractivity contribution < 1.29 is 0 Å². The van der Waals surface area contributed by atoms with Crippen molar-refractivity contribution in [2.24, 2.45) is 0 Å². The molecule has 0 bridgehead atoms. The van der Waals surface area contributed by atoms with E-state index in [0.717, 1.165) is 0 Å². The molecule has 0 unspecified atom stereocenters. The molecular weight excluding hydrogens is 163 g/mol.